The summed E-state index contributed by atoms with van der Waals surface area (Å²) < 4.78 is 5.15. The Kier molecular flexibility index (Phi) is 6.85. The Labute approximate surface area is 166 Å². The quantitative estimate of drug-likeness (QED) is 0.501. The zero-order valence-electron chi connectivity index (χ0n) is 16.8. The number of likely N-dealkylation sites (tertiary alicyclic amines) is 1. The number of carbonyl (C=O) groups excluding carboxylic acids is 1. The number of benzene rings is 1. The summed E-state index contributed by atoms with van der Waals surface area (Å²) in [7, 11) is 3.78. The van der Waals surface area contributed by atoms with E-state index in [0.717, 1.165) is 51.0 Å². The van der Waals surface area contributed by atoms with Crippen molar-refractivity contribution in [1.82, 2.24) is 9.80 Å². The Morgan fingerprint density at radius 2 is 2.04 bits per heavy atom. The fraction of sp³-hybridized carbons (Fsp3) is 0.650. The van der Waals surface area contributed by atoms with Gasteiger partial charge in [0.05, 0.1) is 11.5 Å². The maximum absolute atomic E-state index is 12.9. The van der Waals surface area contributed by atoms with E-state index in [-0.39, 0.29) is 17.2 Å². The van der Waals surface area contributed by atoms with Gasteiger partial charge in [-0.05, 0) is 44.9 Å². The van der Waals surface area contributed by atoms with Crippen LogP contribution in [-0.4, -0.2) is 80.2 Å². The molecule has 1 atom stereocenters. The topological polar surface area (TPSA) is 79.2 Å². The third-order valence-corrected chi connectivity index (χ3v) is 5.71. The van der Waals surface area contributed by atoms with E-state index in [1.165, 1.54) is 6.07 Å². The number of rotatable bonds is 8. The maximum Gasteiger partial charge on any atom is 0.282 e. The van der Waals surface area contributed by atoms with Crippen LogP contribution in [-0.2, 0) is 4.74 Å². The van der Waals surface area contributed by atoms with Gasteiger partial charge in [0.25, 0.3) is 11.6 Å². The Bertz CT molecular complexity index is 705. The maximum atomic E-state index is 12.9. The Balaban J connectivity index is 1.81. The summed E-state index contributed by atoms with van der Waals surface area (Å²) in [4.78, 5) is 30.2. The minimum atomic E-state index is -0.451. The number of likely N-dealkylation sites (N-methyl/N-ethyl adjacent to an activating group) is 1. The fourth-order valence-electron chi connectivity index (χ4n) is 4.19. The van der Waals surface area contributed by atoms with Gasteiger partial charge in [-0.3, -0.25) is 14.9 Å². The number of nitro benzene ring substituents is 1. The number of nitrogens with zero attached hydrogens (tertiary/aromatic N) is 4. The first-order valence-corrected chi connectivity index (χ1v) is 10.0. The normalized spacial score (nSPS) is 19.6. The third-order valence-electron chi connectivity index (χ3n) is 5.71. The first-order chi connectivity index (χ1) is 13.5. The monoisotopic (exact) mass is 390 g/mol. The lowest BCUT2D eigenvalue weighted by Crippen LogP contribution is -2.40. The number of ether oxygens (including phenoxy) is 1. The van der Waals surface area contributed by atoms with Crippen molar-refractivity contribution >= 4 is 17.3 Å². The third kappa shape index (κ3) is 4.62. The molecule has 8 heteroatoms. The fourth-order valence-corrected chi connectivity index (χ4v) is 4.19. The molecule has 1 unspecified atom stereocenters. The SMILES string of the molecule is COCCN(C)CC1CCCN1c1ccc([N+](=O)[O-])c(C(=O)N2CCCC2)c1. The molecule has 28 heavy (non-hydrogen) atoms. The second kappa shape index (κ2) is 9.34. The molecule has 2 aliphatic heterocycles. The molecule has 154 valence electrons. The summed E-state index contributed by atoms with van der Waals surface area (Å²) in [6.07, 6.45) is 4.07. The molecule has 0 aliphatic carbocycles. The van der Waals surface area contributed by atoms with Gasteiger partial charge in [-0.2, -0.15) is 0 Å². The lowest BCUT2D eigenvalue weighted by atomic mass is 10.1. The lowest BCUT2D eigenvalue weighted by molar-refractivity contribution is -0.385. The van der Waals surface area contributed by atoms with Gasteiger partial charge in [0.15, 0.2) is 0 Å². The molecular formula is C20H30N4O4. The van der Waals surface area contributed by atoms with Crippen LogP contribution < -0.4 is 4.90 Å². The van der Waals surface area contributed by atoms with Crippen LogP contribution in [0.15, 0.2) is 18.2 Å². The number of hydrogen-bond acceptors (Lipinski definition) is 6. The smallest absolute Gasteiger partial charge is 0.282 e. The van der Waals surface area contributed by atoms with Gasteiger partial charge in [-0.25, -0.2) is 0 Å². The van der Waals surface area contributed by atoms with Crippen molar-refractivity contribution < 1.29 is 14.5 Å². The summed E-state index contributed by atoms with van der Waals surface area (Å²) in [5, 5.41) is 11.5. The number of amides is 1. The minimum absolute atomic E-state index is 0.103. The molecule has 3 rings (SSSR count). The predicted molar refractivity (Wildman–Crippen MR) is 108 cm³/mol. The molecular weight excluding hydrogens is 360 g/mol. The summed E-state index contributed by atoms with van der Waals surface area (Å²) in [6.45, 7) is 4.70. The van der Waals surface area contributed by atoms with Gasteiger partial charge in [0.1, 0.15) is 5.56 Å². The molecule has 0 spiro atoms. The van der Waals surface area contributed by atoms with E-state index in [2.05, 4.69) is 16.8 Å². The molecule has 1 aromatic carbocycles. The van der Waals surface area contributed by atoms with Gasteiger partial charge in [0.2, 0.25) is 0 Å². The van der Waals surface area contributed by atoms with Crippen LogP contribution in [0.1, 0.15) is 36.0 Å². The van der Waals surface area contributed by atoms with Crippen LogP contribution in [0.3, 0.4) is 0 Å². The Morgan fingerprint density at radius 3 is 2.71 bits per heavy atom. The highest BCUT2D eigenvalue weighted by molar-refractivity contribution is 5.99. The molecule has 8 nitrogen and oxygen atoms in total. The molecule has 0 radical (unpaired) electrons. The second-order valence-corrected chi connectivity index (χ2v) is 7.70. The highest BCUT2D eigenvalue weighted by Crippen LogP contribution is 2.31. The number of anilines is 1. The number of nitro groups is 1. The van der Waals surface area contributed by atoms with Crippen LogP contribution in [0, 0.1) is 10.1 Å². The van der Waals surface area contributed by atoms with Crippen LogP contribution in [0.5, 0.6) is 0 Å². The molecule has 0 aromatic heterocycles. The van der Waals surface area contributed by atoms with Crippen LogP contribution in [0.2, 0.25) is 0 Å². The molecule has 2 fully saturated rings. The van der Waals surface area contributed by atoms with Crippen molar-refractivity contribution in [3.8, 4) is 0 Å². The first kappa shape index (κ1) is 20.5. The zero-order valence-corrected chi connectivity index (χ0v) is 16.8. The van der Waals surface area contributed by atoms with Crippen molar-refractivity contribution in [3.63, 3.8) is 0 Å². The second-order valence-electron chi connectivity index (χ2n) is 7.70. The average Bonchev–Trinajstić information content (AvgIpc) is 3.37. The molecule has 2 aliphatic rings. The molecule has 1 amide bonds. The highest BCUT2D eigenvalue weighted by atomic mass is 16.6. The van der Waals surface area contributed by atoms with Gasteiger partial charge in [0, 0.05) is 57.6 Å². The molecule has 0 N–H and O–H groups in total. The van der Waals surface area contributed by atoms with Gasteiger partial charge < -0.3 is 19.4 Å². The van der Waals surface area contributed by atoms with Crippen LogP contribution >= 0.6 is 0 Å². The lowest BCUT2D eigenvalue weighted by Gasteiger charge is -2.30. The van der Waals surface area contributed by atoms with Crippen molar-refractivity contribution in [2.45, 2.75) is 31.7 Å². The van der Waals surface area contributed by atoms with Crippen molar-refractivity contribution in [1.29, 1.82) is 0 Å². The van der Waals surface area contributed by atoms with Crippen molar-refractivity contribution in [2.75, 3.05) is 58.4 Å². The van der Waals surface area contributed by atoms with E-state index in [9.17, 15) is 14.9 Å². The summed E-state index contributed by atoms with van der Waals surface area (Å²) >= 11 is 0. The molecule has 0 bridgehead atoms. The molecule has 1 aromatic rings. The van der Waals surface area contributed by atoms with E-state index in [0.29, 0.717) is 25.7 Å². The molecule has 2 heterocycles. The number of hydrogen-bond donors (Lipinski definition) is 0. The van der Waals surface area contributed by atoms with Crippen LogP contribution in [0.25, 0.3) is 0 Å². The Morgan fingerprint density at radius 1 is 1.29 bits per heavy atom. The summed E-state index contributed by atoms with van der Waals surface area (Å²) in [5.74, 6) is -0.223. The Hall–Kier alpha value is -2.19. The minimum Gasteiger partial charge on any atom is -0.383 e. The largest absolute Gasteiger partial charge is 0.383 e. The summed E-state index contributed by atoms with van der Waals surface area (Å²) in [5.41, 5.74) is 1.01. The van der Waals surface area contributed by atoms with Crippen molar-refractivity contribution in [2.24, 2.45) is 0 Å². The van der Waals surface area contributed by atoms with Gasteiger partial charge in [-0.1, -0.05) is 0 Å². The number of carbonyl (C=O) groups is 1. The molecule has 0 saturated carbocycles. The van der Waals surface area contributed by atoms with E-state index in [4.69, 9.17) is 4.74 Å². The van der Waals surface area contributed by atoms with E-state index in [1.54, 1.807) is 24.1 Å². The first-order valence-electron chi connectivity index (χ1n) is 10.0. The number of methoxy groups -OCH3 is 1. The van der Waals surface area contributed by atoms with Crippen LogP contribution in [0.4, 0.5) is 11.4 Å². The molecule has 2 saturated heterocycles. The zero-order chi connectivity index (χ0) is 20.1. The van der Waals surface area contributed by atoms with E-state index in [1.807, 2.05) is 0 Å². The standard InChI is InChI=1S/C20H30N4O4/c1-21(12-13-28-2)15-17-6-5-11-23(17)16-7-8-19(24(26)27)18(14-16)20(25)22-9-3-4-10-22/h7-8,14,17H,3-6,9-13,15H2,1-2H3. The average molecular weight is 390 g/mol. The van der Waals surface area contributed by atoms with E-state index >= 15 is 0 Å². The highest BCUT2D eigenvalue weighted by Gasteiger charge is 2.30. The van der Waals surface area contributed by atoms with E-state index < -0.39 is 4.92 Å². The van der Waals surface area contributed by atoms with Crippen molar-refractivity contribution in [3.05, 3.63) is 33.9 Å². The van der Waals surface area contributed by atoms with Gasteiger partial charge in [-0.15, -0.1) is 0 Å². The van der Waals surface area contributed by atoms with Gasteiger partial charge >= 0.3 is 0 Å². The predicted octanol–water partition coefficient (Wildman–Crippen LogP) is 2.38. The summed E-state index contributed by atoms with van der Waals surface area (Å²) in [6, 6.07) is 5.33.